The predicted octanol–water partition coefficient (Wildman–Crippen LogP) is 1.07. The Kier molecular flexibility index (Phi) is 1.57. The van der Waals surface area contributed by atoms with Gasteiger partial charge in [-0.25, -0.2) is 5.48 Å². The zero-order chi connectivity index (χ0) is 9.47. The zero-order valence-electron chi connectivity index (χ0n) is 6.39. The maximum atomic E-state index is 10.9. The summed E-state index contributed by atoms with van der Waals surface area (Å²) in [7, 11) is 0. The summed E-state index contributed by atoms with van der Waals surface area (Å²) in [5.41, 5.74) is 2.66. The fraction of sp³-hybridized carbons (Fsp3) is 0. The fourth-order valence-electron chi connectivity index (χ4n) is 1.11. The average Bonchev–Trinajstić information content (AvgIpc) is 2.42. The number of nitrogens with zero attached hydrogens (tertiary/aromatic N) is 1. The molecule has 0 saturated heterocycles. The Morgan fingerprint density at radius 2 is 2.23 bits per heavy atom. The van der Waals surface area contributed by atoms with Gasteiger partial charge in [0, 0.05) is 11.6 Å². The SMILES string of the molecule is O=Cc1ccc2c(c1)NO[N+]2([O-])[O-]. The lowest BCUT2D eigenvalue weighted by molar-refractivity contribution is -0.0195. The van der Waals surface area contributed by atoms with Gasteiger partial charge in [-0.2, -0.15) is 4.97 Å². The molecular formula is C7H5N2O4-. The minimum atomic E-state index is -2.17. The van der Waals surface area contributed by atoms with Gasteiger partial charge in [0.15, 0.2) is 5.69 Å². The maximum absolute atomic E-state index is 10.9. The molecule has 1 aromatic rings. The summed E-state index contributed by atoms with van der Waals surface area (Å²) >= 11 is 0. The first kappa shape index (κ1) is 8.14. The molecule has 68 valence electrons. The summed E-state index contributed by atoms with van der Waals surface area (Å²) in [5.74, 6) is 0. The van der Waals surface area contributed by atoms with Crippen molar-refractivity contribution in [3.8, 4) is 0 Å². The molecular weight excluding hydrogens is 176 g/mol. The fourth-order valence-corrected chi connectivity index (χ4v) is 1.11. The summed E-state index contributed by atoms with van der Waals surface area (Å²) in [6, 6.07) is 4.02. The van der Waals surface area contributed by atoms with Gasteiger partial charge in [0.25, 0.3) is 0 Å². The van der Waals surface area contributed by atoms with Crippen LogP contribution in [-0.2, 0) is 4.94 Å². The van der Waals surface area contributed by atoms with Crippen LogP contribution in [-0.4, -0.2) is 6.29 Å². The van der Waals surface area contributed by atoms with E-state index in [0.717, 1.165) is 0 Å². The highest BCUT2D eigenvalue weighted by atomic mass is 17.2. The quantitative estimate of drug-likeness (QED) is 0.398. The molecule has 0 atom stereocenters. The molecule has 0 spiro atoms. The van der Waals surface area contributed by atoms with Crippen LogP contribution >= 0.6 is 0 Å². The number of anilines is 1. The van der Waals surface area contributed by atoms with Crippen molar-refractivity contribution < 1.29 is 9.73 Å². The third kappa shape index (κ3) is 1.18. The summed E-state index contributed by atoms with van der Waals surface area (Å²) < 4.78 is 0. The number of quaternary nitrogens is 1. The number of rotatable bonds is 1. The van der Waals surface area contributed by atoms with Crippen LogP contribution in [0.1, 0.15) is 10.4 Å². The van der Waals surface area contributed by atoms with Gasteiger partial charge >= 0.3 is 0 Å². The van der Waals surface area contributed by atoms with Crippen LogP contribution in [0.3, 0.4) is 0 Å². The van der Waals surface area contributed by atoms with Gasteiger partial charge < -0.3 is 10.4 Å². The van der Waals surface area contributed by atoms with Crippen molar-refractivity contribution in [2.75, 3.05) is 5.48 Å². The third-order valence-electron chi connectivity index (χ3n) is 1.73. The smallest absolute Gasteiger partial charge is 0.194 e. The van der Waals surface area contributed by atoms with Crippen LogP contribution in [0, 0.1) is 10.4 Å². The first-order valence-electron chi connectivity index (χ1n) is 3.49. The highest BCUT2D eigenvalue weighted by molar-refractivity contribution is 5.81. The molecule has 13 heavy (non-hydrogen) atoms. The molecule has 0 aliphatic carbocycles. The van der Waals surface area contributed by atoms with Gasteiger partial charge in [0.2, 0.25) is 0 Å². The summed E-state index contributed by atoms with van der Waals surface area (Å²) in [5, 5.41) is 21.9. The van der Waals surface area contributed by atoms with Crippen molar-refractivity contribution in [1.82, 2.24) is 4.97 Å². The van der Waals surface area contributed by atoms with E-state index in [-0.39, 0.29) is 11.4 Å². The second-order valence-electron chi connectivity index (χ2n) is 2.59. The molecule has 0 radical (unpaired) electrons. The zero-order valence-corrected chi connectivity index (χ0v) is 6.39. The van der Waals surface area contributed by atoms with E-state index in [1.54, 1.807) is 0 Å². The molecule has 1 heterocycles. The predicted molar refractivity (Wildman–Crippen MR) is 45.1 cm³/mol. The second kappa shape index (κ2) is 2.51. The lowest BCUT2D eigenvalue weighted by Gasteiger charge is -2.34. The number of hydrogen-bond acceptors (Lipinski definition) is 5. The van der Waals surface area contributed by atoms with E-state index in [4.69, 9.17) is 0 Å². The van der Waals surface area contributed by atoms with Crippen LogP contribution in [0.2, 0.25) is 0 Å². The van der Waals surface area contributed by atoms with E-state index in [9.17, 15) is 15.2 Å². The lowest BCUT2D eigenvalue weighted by atomic mass is 10.2. The van der Waals surface area contributed by atoms with Crippen LogP contribution in [0.25, 0.3) is 0 Å². The van der Waals surface area contributed by atoms with Crippen LogP contribution in [0.15, 0.2) is 18.2 Å². The summed E-state index contributed by atoms with van der Waals surface area (Å²) in [4.78, 5) is 12.3. The van der Waals surface area contributed by atoms with Crippen molar-refractivity contribution in [3.05, 3.63) is 34.2 Å². The Labute approximate surface area is 73.0 Å². The van der Waals surface area contributed by atoms with E-state index >= 15 is 0 Å². The van der Waals surface area contributed by atoms with Crippen LogP contribution < -0.4 is 10.5 Å². The van der Waals surface area contributed by atoms with Crippen molar-refractivity contribution in [2.24, 2.45) is 0 Å². The highest BCUT2D eigenvalue weighted by Gasteiger charge is 2.25. The Bertz CT molecular complexity index is 364. The molecule has 1 aliphatic heterocycles. The molecule has 0 amide bonds. The Hall–Kier alpha value is -1.47. The number of hydrogen-bond donors (Lipinski definition) is 1. The van der Waals surface area contributed by atoms with Crippen molar-refractivity contribution in [1.29, 1.82) is 0 Å². The molecule has 0 saturated carbocycles. The number of benzene rings is 1. The Morgan fingerprint density at radius 1 is 1.46 bits per heavy atom. The average molecular weight is 181 g/mol. The minimum Gasteiger partial charge on any atom is -0.590 e. The summed E-state index contributed by atoms with van der Waals surface area (Å²) in [6.45, 7) is 0. The van der Waals surface area contributed by atoms with Gasteiger partial charge in [-0.3, -0.25) is 4.79 Å². The van der Waals surface area contributed by atoms with Crippen LogP contribution in [0.4, 0.5) is 11.4 Å². The summed E-state index contributed by atoms with van der Waals surface area (Å²) in [6.07, 6.45) is 0.616. The van der Waals surface area contributed by atoms with Gasteiger partial charge in [0.05, 0.1) is 0 Å². The molecule has 1 N–H and O–H groups in total. The number of carbonyl (C=O) groups is 1. The van der Waals surface area contributed by atoms with E-state index in [2.05, 4.69) is 10.4 Å². The number of carbonyl (C=O) groups excluding carboxylic acids is 1. The van der Waals surface area contributed by atoms with Gasteiger partial charge in [-0.15, -0.1) is 0 Å². The normalized spacial score (nSPS) is 17.7. The van der Waals surface area contributed by atoms with Gasteiger partial charge in [-0.05, 0) is 12.1 Å². The third-order valence-corrected chi connectivity index (χ3v) is 1.73. The van der Waals surface area contributed by atoms with E-state index < -0.39 is 4.97 Å². The molecule has 0 unspecified atom stereocenters. The molecule has 0 aromatic heterocycles. The largest absolute Gasteiger partial charge is 0.590 e. The Morgan fingerprint density at radius 3 is 2.92 bits per heavy atom. The minimum absolute atomic E-state index is 0.0920. The first-order chi connectivity index (χ1) is 6.13. The van der Waals surface area contributed by atoms with Gasteiger partial charge in [-0.1, -0.05) is 4.94 Å². The van der Waals surface area contributed by atoms with Crippen LogP contribution in [0.5, 0.6) is 0 Å². The number of aldehydes is 1. The molecule has 6 heteroatoms. The molecule has 6 nitrogen and oxygen atoms in total. The van der Waals surface area contributed by atoms with Crippen molar-refractivity contribution in [2.45, 2.75) is 0 Å². The second-order valence-corrected chi connectivity index (χ2v) is 2.59. The molecule has 0 bridgehead atoms. The molecule has 0 fully saturated rings. The number of fused-ring (bicyclic) bond motifs is 1. The number of nitrogens with one attached hydrogen (secondary N) is 1. The standard InChI is InChI=1S/C7H5N2O4/c10-4-5-1-2-7-6(3-5)8-13-9(7,11)12/h1-4,8H/q-1. The maximum Gasteiger partial charge on any atom is 0.194 e. The molecule has 1 aliphatic rings. The van der Waals surface area contributed by atoms with E-state index in [1.165, 1.54) is 18.2 Å². The first-order valence-corrected chi connectivity index (χ1v) is 3.49. The van der Waals surface area contributed by atoms with E-state index in [1.807, 2.05) is 0 Å². The molecule has 1 aromatic carbocycles. The Balaban J connectivity index is 2.52. The van der Waals surface area contributed by atoms with Gasteiger partial charge in [0.1, 0.15) is 12.0 Å². The monoisotopic (exact) mass is 181 g/mol. The lowest BCUT2D eigenvalue weighted by Crippen LogP contribution is -2.32. The topological polar surface area (TPSA) is 84.5 Å². The highest BCUT2D eigenvalue weighted by Crippen LogP contribution is 2.36. The van der Waals surface area contributed by atoms with Crippen molar-refractivity contribution >= 4 is 17.7 Å². The van der Waals surface area contributed by atoms with E-state index in [0.29, 0.717) is 11.8 Å². The van der Waals surface area contributed by atoms with Crippen molar-refractivity contribution in [3.63, 3.8) is 0 Å². The molecule has 2 rings (SSSR count).